The Bertz CT molecular complexity index is 1090. The van der Waals surface area contributed by atoms with Gasteiger partial charge in [0.25, 0.3) is 0 Å². The molecule has 0 bridgehead atoms. The van der Waals surface area contributed by atoms with E-state index in [-0.39, 0.29) is 23.7 Å². The second-order valence-electron chi connectivity index (χ2n) is 7.60. The summed E-state index contributed by atoms with van der Waals surface area (Å²) >= 11 is 0. The van der Waals surface area contributed by atoms with Gasteiger partial charge in [-0.05, 0) is 55.2 Å². The highest BCUT2D eigenvalue weighted by Gasteiger charge is 2.37. The molecule has 8 heteroatoms. The number of fused-ring (bicyclic) bond motifs is 1. The Balaban J connectivity index is 1.74. The molecular weight excluding hydrogens is 392 g/mol. The lowest BCUT2D eigenvalue weighted by atomic mass is 10.0. The summed E-state index contributed by atoms with van der Waals surface area (Å²) < 4.78 is 24.7. The number of sulfone groups is 1. The van der Waals surface area contributed by atoms with E-state index >= 15 is 0 Å². The van der Waals surface area contributed by atoms with Crippen LogP contribution >= 0.6 is 0 Å². The Labute approximate surface area is 169 Å². The molecule has 7 nitrogen and oxygen atoms in total. The van der Waals surface area contributed by atoms with Gasteiger partial charge in [-0.1, -0.05) is 18.2 Å². The topological polar surface area (TPSA) is 95.0 Å². The molecule has 0 spiro atoms. The van der Waals surface area contributed by atoms with Gasteiger partial charge in [0.2, 0.25) is 5.91 Å². The number of anilines is 2. The highest BCUT2D eigenvalue weighted by Crippen LogP contribution is 2.39. The number of nitrogens with zero attached hydrogens (tertiary/aromatic N) is 2. The molecule has 4 rings (SSSR count). The van der Waals surface area contributed by atoms with Gasteiger partial charge in [-0.3, -0.25) is 9.69 Å². The number of carboxylic acid groups (broad SMARTS) is 1. The molecule has 29 heavy (non-hydrogen) atoms. The number of carbonyl (C=O) groups is 2. The lowest BCUT2D eigenvalue weighted by Crippen LogP contribution is -2.51. The Kier molecular flexibility index (Phi) is 4.61. The van der Waals surface area contributed by atoms with Crippen LogP contribution in [0.2, 0.25) is 0 Å². The molecule has 1 aliphatic heterocycles. The quantitative estimate of drug-likeness (QED) is 0.829. The summed E-state index contributed by atoms with van der Waals surface area (Å²) in [6, 6.07) is 11.7. The first-order valence-electron chi connectivity index (χ1n) is 9.49. The number of carbonyl (C=O) groups excluding carboxylic acids is 1. The van der Waals surface area contributed by atoms with Crippen molar-refractivity contribution in [3.05, 3.63) is 42.5 Å². The molecule has 2 aromatic rings. The molecule has 1 saturated carbocycles. The number of hydrogen-bond acceptors (Lipinski definition) is 4. The maximum Gasteiger partial charge on any atom is 0.411 e. The predicted octanol–water partition coefficient (Wildman–Crippen LogP) is 3.53. The molecule has 2 aromatic carbocycles. The third kappa shape index (κ3) is 3.37. The van der Waals surface area contributed by atoms with Crippen molar-refractivity contribution in [1.82, 2.24) is 0 Å². The van der Waals surface area contributed by atoms with Gasteiger partial charge in [0.15, 0.2) is 9.84 Å². The second-order valence-corrected chi connectivity index (χ2v) is 9.83. The minimum absolute atomic E-state index is 0.147. The smallest absolute Gasteiger partial charge is 0.411 e. The van der Waals surface area contributed by atoms with E-state index in [2.05, 4.69) is 0 Å². The maximum atomic E-state index is 12.4. The molecular formula is C21H22N2O5S. The van der Waals surface area contributed by atoms with Gasteiger partial charge >= 0.3 is 6.09 Å². The Hall–Kier alpha value is -2.87. The Morgan fingerprint density at radius 1 is 1.00 bits per heavy atom. The summed E-state index contributed by atoms with van der Waals surface area (Å²) in [4.78, 5) is 27.0. The molecule has 1 aliphatic carbocycles. The van der Waals surface area contributed by atoms with Crippen molar-refractivity contribution in [2.75, 3.05) is 16.3 Å². The molecule has 152 valence electrons. The third-order valence-electron chi connectivity index (χ3n) is 5.46. The van der Waals surface area contributed by atoms with Gasteiger partial charge in [-0.15, -0.1) is 0 Å². The van der Waals surface area contributed by atoms with Crippen molar-refractivity contribution in [3.63, 3.8) is 0 Å². The first kappa shape index (κ1) is 19.4. The molecule has 0 unspecified atom stereocenters. The van der Waals surface area contributed by atoms with Crippen LogP contribution in [-0.2, 0) is 14.6 Å². The molecule has 1 fully saturated rings. The monoisotopic (exact) mass is 414 g/mol. The van der Waals surface area contributed by atoms with E-state index in [9.17, 15) is 23.1 Å². The largest absolute Gasteiger partial charge is 0.465 e. The fraction of sp³-hybridized carbons (Fsp3) is 0.333. The SMILES string of the molecule is CC(=O)N1c2ccc(-c3ccc(S(=O)(=O)C4CC4)cc3)cc2N(C(=O)O)C[C@@H]1C. The highest BCUT2D eigenvalue weighted by molar-refractivity contribution is 7.92. The van der Waals surface area contributed by atoms with Crippen LogP contribution in [0.5, 0.6) is 0 Å². The first-order valence-corrected chi connectivity index (χ1v) is 11.0. The molecule has 2 aliphatic rings. The lowest BCUT2D eigenvalue weighted by Gasteiger charge is -2.39. The lowest BCUT2D eigenvalue weighted by molar-refractivity contribution is -0.117. The second kappa shape index (κ2) is 6.88. The van der Waals surface area contributed by atoms with Crippen molar-refractivity contribution in [2.45, 2.75) is 42.9 Å². The van der Waals surface area contributed by atoms with Crippen molar-refractivity contribution in [3.8, 4) is 11.1 Å². The van der Waals surface area contributed by atoms with E-state index in [1.54, 1.807) is 41.3 Å². The van der Waals surface area contributed by atoms with E-state index in [0.29, 0.717) is 29.1 Å². The molecule has 1 heterocycles. The van der Waals surface area contributed by atoms with Gasteiger partial charge in [0.05, 0.1) is 27.6 Å². The summed E-state index contributed by atoms with van der Waals surface area (Å²) in [5, 5.41) is 9.37. The van der Waals surface area contributed by atoms with Gasteiger partial charge in [0.1, 0.15) is 0 Å². The standard InChI is InChI=1S/C21H22N2O5S/c1-13-12-22(21(25)26)20-11-16(5-10-19(20)23(13)14(2)24)15-3-6-17(7-4-15)29(27,28)18-8-9-18/h3-7,10-11,13,18H,8-9,12H2,1-2H3,(H,25,26)/t13-/m0/s1. The number of benzene rings is 2. The predicted molar refractivity (Wildman–Crippen MR) is 110 cm³/mol. The van der Waals surface area contributed by atoms with E-state index < -0.39 is 15.9 Å². The van der Waals surface area contributed by atoms with E-state index in [1.807, 2.05) is 13.0 Å². The van der Waals surface area contributed by atoms with Crippen molar-refractivity contribution < 1.29 is 23.1 Å². The first-order chi connectivity index (χ1) is 13.7. The summed E-state index contributed by atoms with van der Waals surface area (Å²) in [5.74, 6) is -0.147. The summed E-state index contributed by atoms with van der Waals surface area (Å²) in [5.41, 5.74) is 2.53. The zero-order valence-corrected chi connectivity index (χ0v) is 17.0. The number of amides is 2. The van der Waals surface area contributed by atoms with Crippen molar-refractivity contribution in [2.24, 2.45) is 0 Å². The normalized spacial score (nSPS) is 19.0. The Morgan fingerprint density at radius 2 is 1.62 bits per heavy atom. The summed E-state index contributed by atoms with van der Waals surface area (Å²) in [6.07, 6.45) is 0.347. The average Bonchev–Trinajstić information content (AvgIpc) is 3.52. The minimum Gasteiger partial charge on any atom is -0.465 e. The number of rotatable bonds is 3. The molecule has 1 atom stereocenters. The van der Waals surface area contributed by atoms with Crippen LogP contribution in [0.15, 0.2) is 47.4 Å². The zero-order valence-electron chi connectivity index (χ0n) is 16.2. The van der Waals surface area contributed by atoms with Crippen LogP contribution in [0.1, 0.15) is 26.7 Å². The van der Waals surface area contributed by atoms with Crippen LogP contribution in [0.4, 0.5) is 16.2 Å². The van der Waals surface area contributed by atoms with Crippen LogP contribution in [0.25, 0.3) is 11.1 Å². The van der Waals surface area contributed by atoms with Crippen LogP contribution in [0.3, 0.4) is 0 Å². The molecule has 0 saturated heterocycles. The summed E-state index contributed by atoms with van der Waals surface area (Å²) in [7, 11) is -3.25. The molecule has 0 aromatic heterocycles. The van der Waals surface area contributed by atoms with Gasteiger partial charge in [-0.2, -0.15) is 0 Å². The van der Waals surface area contributed by atoms with E-state index in [4.69, 9.17) is 0 Å². The van der Waals surface area contributed by atoms with Gasteiger partial charge < -0.3 is 10.0 Å². The van der Waals surface area contributed by atoms with Crippen LogP contribution < -0.4 is 9.80 Å². The van der Waals surface area contributed by atoms with Gasteiger partial charge in [0, 0.05) is 13.5 Å². The molecule has 1 N–H and O–H groups in total. The van der Waals surface area contributed by atoms with E-state index in [1.165, 1.54) is 11.8 Å². The summed E-state index contributed by atoms with van der Waals surface area (Å²) in [6.45, 7) is 3.46. The fourth-order valence-corrected chi connectivity index (χ4v) is 5.53. The van der Waals surface area contributed by atoms with Crippen molar-refractivity contribution >= 4 is 33.2 Å². The minimum atomic E-state index is -3.25. The number of hydrogen-bond donors (Lipinski definition) is 1. The third-order valence-corrected chi connectivity index (χ3v) is 7.74. The fourth-order valence-electron chi connectivity index (χ4n) is 3.87. The van der Waals surface area contributed by atoms with Crippen LogP contribution in [0, 0.1) is 0 Å². The zero-order chi connectivity index (χ0) is 20.9. The van der Waals surface area contributed by atoms with E-state index in [0.717, 1.165) is 11.1 Å². The van der Waals surface area contributed by atoms with Gasteiger partial charge in [-0.25, -0.2) is 13.2 Å². The van der Waals surface area contributed by atoms with Crippen LogP contribution in [-0.4, -0.2) is 43.4 Å². The molecule has 0 radical (unpaired) electrons. The molecule has 2 amide bonds. The highest BCUT2D eigenvalue weighted by atomic mass is 32.2. The average molecular weight is 414 g/mol. The van der Waals surface area contributed by atoms with Crippen molar-refractivity contribution in [1.29, 1.82) is 0 Å². The Morgan fingerprint density at radius 3 is 2.17 bits per heavy atom. The maximum absolute atomic E-state index is 12.4.